The Kier molecular flexibility index (Phi) is 4.75. The molecule has 1 aliphatic rings. The van der Waals surface area contributed by atoms with Crippen LogP contribution in [0.15, 0.2) is 24.3 Å². The van der Waals surface area contributed by atoms with Gasteiger partial charge in [-0.1, -0.05) is 24.0 Å². The van der Waals surface area contributed by atoms with E-state index in [9.17, 15) is 9.59 Å². The van der Waals surface area contributed by atoms with Crippen molar-refractivity contribution in [1.82, 2.24) is 10.6 Å². The average Bonchev–Trinajstić information content (AvgIpc) is 3.26. The van der Waals surface area contributed by atoms with Crippen molar-refractivity contribution in [2.24, 2.45) is 5.73 Å². The number of hydrogen-bond donors (Lipinski definition) is 3. The van der Waals surface area contributed by atoms with E-state index < -0.39 is 0 Å². The van der Waals surface area contributed by atoms with Crippen LogP contribution in [0.25, 0.3) is 0 Å². The van der Waals surface area contributed by atoms with Gasteiger partial charge >= 0.3 is 0 Å². The van der Waals surface area contributed by atoms with E-state index in [1.807, 2.05) is 0 Å². The monoisotopic (exact) mass is 271 g/mol. The lowest BCUT2D eigenvalue weighted by atomic mass is 10.1. The van der Waals surface area contributed by atoms with E-state index in [1.54, 1.807) is 24.3 Å². The molecule has 4 N–H and O–H groups in total. The van der Waals surface area contributed by atoms with E-state index in [0.29, 0.717) is 17.2 Å². The van der Waals surface area contributed by atoms with Crippen LogP contribution in [-0.2, 0) is 4.79 Å². The lowest BCUT2D eigenvalue weighted by molar-refractivity contribution is -0.120. The van der Waals surface area contributed by atoms with Gasteiger partial charge in [-0.15, -0.1) is 0 Å². The Labute approximate surface area is 117 Å². The van der Waals surface area contributed by atoms with Gasteiger partial charge in [-0.2, -0.15) is 0 Å². The summed E-state index contributed by atoms with van der Waals surface area (Å²) in [6.45, 7) is 0.216. The second kappa shape index (κ2) is 6.73. The summed E-state index contributed by atoms with van der Waals surface area (Å²) in [7, 11) is 0. The van der Waals surface area contributed by atoms with E-state index >= 15 is 0 Å². The maximum absolute atomic E-state index is 12.0. The highest BCUT2D eigenvalue weighted by Crippen LogP contribution is 2.18. The summed E-state index contributed by atoms with van der Waals surface area (Å²) in [6.07, 6.45) is 2.05. The van der Waals surface area contributed by atoms with Crippen LogP contribution in [0.5, 0.6) is 0 Å². The summed E-state index contributed by atoms with van der Waals surface area (Å²) < 4.78 is 0. The molecule has 1 saturated carbocycles. The molecule has 0 radical (unpaired) electrons. The van der Waals surface area contributed by atoms with Gasteiger partial charge in [0.25, 0.3) is 5.91 Å². The molecule has 5 nitrogen and oxygen atoms in total. The molecule has 0 spiro atoms. The van der Waals surface area contributed by atoms with Gasteiger partial charge in [0.1, 0.15) is 0 Å². The Balaban J connectivity index is 1.95. The van der Waals surface area contributed by atoms with E-state index in [4.69, 9.17) is 5.73 Å². The summed E-state index contributed by atoms with van der Waals surface area (Å²) in [5.74, 6) is 5.10. The summed E-state index contributed by atoms with van der Waals surface area (Å²) >= 11 is 0. The van der Waals surface area contributed by atoms with Crippen LogP contribution in [0.4, 0.5) is 0 Å². The van der Waals surface area contributed by atoms with Crippen LogP contribution in [0.3, 0.4) is 0 Å². The maximum Gasteiger partial charge on any atom is 0.252 e. The third kappa shape index (κ3) is 4.11. The predicted octanol–water partition coefficient (Wildman–Crippen LogP) is 0.00520. The summed E-state index contributed by atoms with van der Waals surface area (Å²) in [4.78, 5) is 23.6. The van der Waals surface area contributed by atoms with Crippen molar-refractivity contribution >= 4 is 11.8 Å². The van der Waals surface area contributed by atoms with Gasteiger partial charge in [0.2, 0.25) is 5.91 Å². The van der Waals surface area contributed by atoms with E-state index in [-0.39, 0.29) is 24.9 Å². The van der Waals surface area contributed by atoms with Gasteiger partial charge in [0, 0.05) is 11.6 Å². The largest absolute Gasteiger partial charge is 0.352 e. The highest BCUT2D eigenvalue weighted by molar-refractivity contribution is 5.98. The van der Waals surface area contributed by atoms with Crippen molar-refractivity contribution in [3.63, 3.8) is 0 Å². The second-order valence-electron chi connectivity index (χ2n) is 4.58. The van der Waals surface area contributed by atoms with E-state index in [1.165, 1.54) is 0 Å². The SMILES string of the molecule is NCC#Cc1ccccc1C(=O)NCC(=O)NC1CC1. The first-order valence-corrected chi connectivity index (χ1v) is 6.56. The number of nitrogens with one attached hydrogen (secondary N) is 2. The molecule has 1 fully saturated rings. The fourth-order valence-electron chi connectivity index (χ4n) is 1.70. The van der Waals surface area contributed by atoms with Crippen molar-refractivity contribution in [3.05, 3.63) is 35.4 Å². The third-order valence-electron chi connectivity index (χ3n) is 2.85. The lowest BCUT2D eigenvalue weighted by Gasteiger charge is -2.07. The maximum atomic E-state index is 12.0. The Morgan fingerprint density at radius 2 is 2.05 bits per heavy atom. The Morgan fingerprint density at radius 1 is 1.30 bits per heavy atom. The lowest BCUT2D eigenvalue weighted by Crippen LogP contribution is -2.38. The Bertz CT molecular complexity index is 568. The minimum absolute atomic E-state index is 0.0199. The van der Waals surface area contributed by atoms with Gasteiger partial charge < -0.3 is 16.4 Å². The van der Waals surface area contributed by atoms with Crippen LogP contribution in [0, 0.1) is 11.8 Å². The molecule has 1 aliphatic carbocycles. The molecular weight excluding hydrogens is 254 g/mol. The second-order valence-corrected chi connectivity index (χ2v) is 4.58. The third-order valence-corrected chi connectivity index (χ3v) is 2.85. The van der Waals surface area contributed by atoms with Crippen molar-refractivity contribution in [2.45, 2.75) is 18.9 Å². The fourth-order valence-corrected chi connectivity index (χ4v) is 1.70. The van der Waals surface area contributed by atoms with Crippen molar-refractivity contribution in [3.8, 4) is 11.8 Å². The molecule has 1 aromatic carbocycles. The molecule has 5 heteroatoms. The van der Waals surface area contributed by atoms with Crippen LogP contribution < -0.4 is 16.4 Å². The first-order chi connectivity index (χ1) is 9.70. The van der Waals surface area contributed by atoms with Gasteiger partial charge in [0.05, 0.1) is 18.7 Å². The van der Waals surface area contributed by atoms with Crippen LogP contribution in [0.1, 0.15) is 28.8 Å². The summed E-state index contributed by atoms with van der Waals surface area (Å²) in [5.41, 5.74) is 6.39. The van der Waals surface area contributed by atoms with Gasteiger partial charge in [-0.3, -0.25) is 9.59 Å². The summed E-state index contributed by atoms with van der Waals surface area (Å²) in [6, 6.07) is 7.28. The zero-order valence-electron chi connectivity index (χ0n) is 11.1. The van der Waals surface area contributed by atoms with Crippen molar-refractivity contribution in [2.75, 3.05) is 13.1 Å². The van der Waals surface area contributed by atoms with E-state index in [0.717, 1.165) is 12.8 Å². The van der Waals surface area contributed by atoms with Gasteiger partial charge in [0.15, 0.2) is 0 Å². The molecule has 0 unspecified atom stereocenters. The minimum atomic E-state index is -0.308. The standard InChI is InChI=1S/C15H17N3O2/c16-9-3-5-11-4-1-2-6-13(11)15(20)17-10-14(19)18-12-7-8-12/h1-2,4,6,12H,7-10,16H2,(H,17,20)(H,18,19). The van der Waals surface area contributed by atoms with Crippen LogP contribution >= 0.6 is 0 Å². The molecule has 1 aromatic rings. The number of amides is 2. The molecule has 0 heterocycles. The number of carbonyl (C=O) groups is 2. The normalized spacial score (nSPS) is 13.1. The molecule has 104 valence electrons. The highest BCUT2D eigenvalue weighted by Gasteiger charge is 2.23. The number of carbonyl (C=O) groups excluding carboxylic acids is 2. The highest BCUT2D eigenvalue weighted by atomic mass is 16.2. The molecule has 0 bridgehead atoms. The smallest absolute Gasteiger partial charge is 0.252 e. The molecule has 2 amide bonds. The van der Waals surface area contributed by atoms with Crippen LogP contribution in [-0.4, -0.2) is 30.9 Å². The van der Waals surface area contributed by atoms with Gasteiger partial charge in [-0.05, 0) is 25.0 Å². The minimum Gasteiger partial charge on any atom is -0.352 e. The number of benzene rings is 1. The fraction of sp³-hybridized carbons (Fsp3) is 0.333. The molecular formula is C15H17N3O2. The zero-order chi connectivity index (χ0) is 14.4. The molecule has 20 heavy (non-hydrogen) atoms. The van der Waals surface area contributed by atoms with E-state index in [2.05, 4.69) is 22.5 Å². The zero-order valence-corrected chi connectivity index (χ0v) is 11.1. The molecule has 0 aromatic heterocycles. The van der Waals surface area contributed by atoms with Crippen LogP contribution in [0.2, 0.25) is 0 Å². The average molecular weight is 271 g/mol. The first kappa shape index (κ1) is 14.1. The molecule has 0 saturated heterocycles. The predicted molar refractivity (Wildman–Crippen MR) is 75.9 cm³/mol. The number of hydrogen-bond acceptors (Lipinski definition) is 3. The van der Waals surface area contributed by atoms with Crippen molar-refractivity contribution in [1.29, 1.82) is 0 Å². The number of rotatable bonds is 4. The van der Waals surface area contributed by atoms with Gasteiger partial charge in [-0.25, -0.2) is 0 Å². The first-order valence-electron chi connectivity index (χ1n) is 6.56. The van der Waals surface area contributed by atoms with Crippen molar-refractivity contribution < 1.29 is 9.59 Å². The topological polar surface area (TPSA) is 84.2 Å². The quantitative estimate of drug-likeness (QED) is 0.674. The molecule has 0 atom stereocenters. The molecule has 2 rings (SSSR count). The number of nitrogens with two attached hydrogens (primary N) is 1. The summed E-state index contributed by atoms with van der Waals surface area (Å²) in [5, 5.41) is 5.41. The Morgan fingerprint density at radius 3 is 2.75 bits per heavy atom. The molecule has 0 aliphatic heterocycles. The Hall–Kier alpha value is -2.32.